The van der Waals surface area contributed by atoms with Crippen LogP contribution in [0.25, 0.3) is 0 Å². The minimum atomic E-state index is -0.612. The van der Waals surface area contributed by atoms with Crippen LogP contribution in [0.2, 0.25) is 0 Å². The summed E-state index contributed by atoms with van der Waals surface area (Å²) in [6, 6.07) is 9.36. The predicted molar refractivity (Wildman–Crippen MR) is 75.8 cm³/mol. The predicted octanol–water partition coefficient (Wildman–Crippen LogP) is 2.95. The fourth-order valence-corrected chi connectivity index (χ4v) is 1.71. The molecule has 0 saturated heterocycles. The summed E-state index contributed by atoms with van der Waals surface area (Å²) in [7, 11) is 0. The summed E-state index contributed by atoms with van der Waals surface area (Å²) in [6.45, 7) is 5.54. The maximum Gasteiger partial charge on any atom is 0.266 e. The Morgan fingerprint density at radius 2 is 2.10 bits per heavy atom. The van der Waals surface area contributed by atoms with Gasteiger partial charge in [0, 0.05) is 6.07 Å². The highest BCUT2D eigenvalue weighted by molar-refractivity contribution is 5.93. The molecule has 0 radical (unpaired) electrons. The third kappa shape index (κ3) is 3.60. The Morgan fingerprint density at radius 1 is 1.40 bits per heavy atom. The largest absolute Gasteiger partial charge is 0.481 e. The average Bonchev–Trinajstić information content (AvgIpc) is 2.85. The Labute approximate surface area is 117 Å². The van der Waals surface area contributed by atoms with Gasteiger partial charge in [0.2, 0.25) is 0 Å². The highest BCUT2D eigenvalue weighted by atomic mass is 16.5. The number of hydrogen-bond donors (Lipinski definition) is 1. The lowest BCUT2D eigenvalue weighted by Crippen LogP contribution is -2.30. The molecule has 5 heteroatoms. The quantitative estimate of drug-likeness (QED) is 0.910. The fourth-order valence-electron chi connectivity index (χ4n) is 1.71. The Kier molecular flexibility index (Phi) is 4.40. The summed E-state index contributed by atoms with van der Waals surface area (Å²) in [6.07, 6.45) is 0.362. The van der Waals surface area contributed by atoms with E-state index < -0.39 is 6.10 Å². The van der Waals surface area contributed by atoms with Crippen molar-refractivity contribution in [3.8, 4) is 5.75 Å². The van der Waals surface area contributed by atoms with E-state index >= 15 is 0 Å². The molecule has 0 aliphatic rings. The van der Waals surface area contributed by atoms with Gasteiger partial charge in [-0.2, -0.15) is 0 Å². The molecular weight excluding hydrogens is 256 g/mol. The summed E-state index contributed by atoms with van der Waals surface area (Å²) in [5.74, 6) is 1.44. The first kappa shape index (κ1) is 14.1. The van der Waals surface area contributed by atoms with E-state index in [-0.39, 0.29) is 5.91 Å². The van der Waals surface area contributed by atoms with E-state index in [1.807, 2.05) is 24.3 Å². The Bertz CT molecular complexity index is 575. The number of benzene rings is 1. The third-order valence-electron chi connectivity index (χ3n) is 2.89. The van der Waals surface area contributed by atoms with Crippen molar-refractivity contribution in [2.24, 2.45) is 0 Å². The van der Waals surface area contributed by atoms with Gasteiger partial charge in [-0.1, -0.05) is 24.2 Å². The van der Waals surface area contributed by atoms with Crippen LogP contribution < -0.4 is 10.1 Å². The van der Waals surface area contributed by atoms with Crippen LogP contribution in [0, 0.1) is 6.92 Å². The van der Waals surface area contributed by atoms with Crippen LogP contribution >= 0.6 is 0 Å². The zero-order chi connectivity index (χ0) is 14.5. The molecule has 2 rings (SSSR count). The second-order valence-electron chi connectivity index (χ2n) is 4.57. The van der Waals surface area contributed by atoms with Gasteiger partial charge in [-0.05, 0) is 38.0 Å². The highest BCUT2D eigenvalue weighted by Gasteiger charge is 2.16. The lowest BCUT2D eigenvalue weighted by atomic mass is 10.2. The zero-order valence-electron chi connectivity index (χ0n) is 11.8. The van der Waals surface area contributed by atoms with E-state index in [9.17, 15) is 4.79 Å². The summed E-state index contributed by atoms with van der Waals surface area (Å²) >= 11 is 0. The molecule has 2 aromatic rings. The molecule has 0 bridgehead atoms. The average molecular weight is 274 g/mol. The molecule has 5 nitrogen and oxygen atoms in total. The Balaban J connectivity index is 1.92. The van der Waals surface area contributed by atoms with Gasteiger partial charge in [-0.25, -0.2) is 0 Å². The lowest BCUT2D eigenvalue weighted by molar-refractivity contribution is -0.122. The number of rotatable bonds is 5. The van der Waals surface area contributed by atoms with Crippen molar-refractivity contribution in [3.63, 3.8) is 0 Å². The molecule has 1 heterocycles. The number of nitrogens with zero attached hydrogens (tertiary/aromatic N) is 1. The summed E-state index contributed by atoms with van der Waals surface area (Å²) in [5, 5.41) is 6.34. The van der Waals surface area contributed by atoms with Gasteiger partial charge >= 0.3 is 0 Å². The van der Waals surface area contributed by atoms with Crippen molar-refractivity contribution in [2.75, 3.05) is 5.32 Å². The zero-order valence-corrected chi connectivity index (χ0v) is 11.8. The van der Waals surface area contributed by atoms with E-state index in [4.69, 9.17) is 9.26 Å². The van der Waals surface area contributed by atoms with Gasteiger partial charge in [-0.3, -0.25) is 4.79 Å². The van der Waals surface area contributed by atoms with Crippen molar-refractivity contribution in [1.29, 1.82) is 0 Å². The lowest BCUT2D eigenvalue weighted by Gasteiger charge is -2.13. The minimum Gasteiger partial charge on any atom is -0.481 e. The second-order valence-corrected chi connectivity index (χ2v) is 4.57. The van der Waals surface area contributed by atoms with Crippen LogP contribution in [0.5, 0.6) is 5.75 Å². The van der Waals surface area contributed by atoms with Crippen LogP contribution in [-0.2, 0) is 11.2 Å². The second kappa shape index (κ2) is 6.23. The Morgan fingerprint density at radius 3 is 2.65 bits per heavy atom. The van der Waals surface area contributed by atoms with Crippen LogP contribution in [0.3, 0.4) is 0 Å². The van der Waals surface area contributed by atoms with Gasteiger partial charge in [0.05, 0.1) is 0 Å². The molecular formula is C15H18N2O3. The summed E-state index contributed by atoms with van der Waals surface area (Å²) < 4.78 is 10.5. The molecule has 1 N–H and O–H groups in total. The number of carbonyl (C=O) groups excluding carboxylic acids is 1. The molecule has 1 unspecified atom stereocenters. The number of aromatic nitrogens is 1. The minimum absolute atomic E-state index is 0.266. The number of ether oxygens (including phenoxy) is 1. The SMILES string of the molecule is CCc1ccc(OC(C)C(=O)Nc2cc(C)on2)cc1. The van der Waals surface area contributed by atoms with Gasteiger partial charge in [-0.15, -0.1) is 0 Å². The number of nitrogens with one attached hydrogen (secondary N) is 1. The normalized spacial score (nSPS) is 11.9. The summed E-state index contributed by atoms with van der Waals surface area (Å²) in [4.78, 5) is 11.9. The van der Waals surface area contributed by atoms with Crippen molar-refractivity contribution >= 4 is 11.7 Å². The van der Waals surface area contributed by atoms with Crippen molar-refractivity contribution in [2.45, 2.75) is 33.3 Å². The topological polar surface area (TPSA) is 64.4 Å². The smallest absolute Gasteiger partial charge is 0.266 e. The Hall–Kier alpha value is -2.30. The molecule has 0 saturated carbocycles. The molecule has 1 aromatic heterocycles. The van der Waals surface area contributed by atoms with Gasteiger partial charge in [0.15, 0.2) is 11.9 Å². The molecule has 0 spiro atoms. The van der Waals surface area contributed by atoms with Crippen LogP contribution in [0.15, 0.2) is 34.9 Å². The molecule has 20 heavy (non-hydrogen) atoms. The number of aryl methyl sites for hydroxylation is 2. The van der Waals surface area contributed by atoms with E-state index in [0.717, 1.165) is 6.42 Å². The fraction of sp³-hybridized carbons (Fsp3) is 0.333. The maximum absolute atomic E-state index is 11.9. The molecule has 0 fully saturated rings. The van der Waals surface area contributed by atoms with E-state index in [2.05, 4.69) is 17.4 Å². The van der Waals surface area contributed by atoms with E-state index in [1.54, 1.807) is 19.9 Å². The first-order valence-electron chi connectivity index (χ1n) is 6.58. The van der Waals surface area contributed by atoms with Crippen molar-refractivity contribution in [3.05, 3.63) is 41.7 Å². The standard InChI is InChI=1S/C15H18N2O3/c1-4-12-5-7-13(8-6-12)19-11(3)15(18)16-14-9-10(2)20-17-14/h5-9,11H,4H2,1-3H3,(H,16,17,18). The van der Waals surface area contributed by atoms with Crippen LogP contribution in [-0.4, -0.2) is 17.2 Å². The van der Waals surface area contributed by atoms with E-state index in [1.165, 1.54) is 5.56 Å². The molecule has 1 aromatic carbocycles. The molecule has 0 aliphatic heterocycles. The number of hydrogen-bond acceptors (Lipinski definition) is 4. The van der Waals surface area contributed by atoms with Crippen molar-refractivity contribution < 1.29 is 14.1 Å². The maximum atomic E-state index is 11.9. The third-order valence-corrected chi connectivity index (χ3v) is 2.89. The molecule has 1 atom stereocenters. The van der Waals surface area contributed by atoms with Gasteiger partial charge < -0.3 is 14.6 Å². The molecule has 0 aliphatic carbocycles. The first-order valence-corrected chi connectivity index (χ1v) is 6.58. The highest BCUT2D eigenvalue weighted by Crippen LogP contribution is 2.15. The monoisotopic (exact) mass is 274 g/mol. The van der Waals surface area contributed by atoms with E-state index in [0.29, 0.717) is 17.3 Å². The number of amides is 1. The van der Waals surface area contributed by atoms with Crippen molar-refractivity contribution in [1.82, 2.24) is 5.16 Å². The first-order chi connectivity index (χ1) is 9.58. The number of anilines is 1. The van der Waals surface area contributed by atoms with Crippen LogP contribution in [0.4, 0.5) is 5.82 Å². The van der Waals surface area contributed by atoms with Gasteiger partial charge in [0.25, 0.3) is 5.91 Å². The molecule has 1 amide bonds. The van der Waals surface area contributed by atoms with Crippen LogP contribution in [0.1, 0.15) is 25.2 Å². The number of carbonyl (C=O) groups is 1. The summed E-state index contributed by atoms with van der Waals surface area (Å²) in [5.41, 5.74) is 1.23. The molecule has 106 valence electrons. The van der Waals surface area contributed by atoms with Gasteiger partial charge in [0.1, 0.15) is 11.5 Å².